The summed E-state index contributed by atoms with van der Waals surface area (Å²) in [5.41, 5.74) is 0. The Hall–Kier alpha value is -1.35. The summed E-state index contributed by atoms with van der Waals surface area (Å²) in [6.07, 6.45) is 43.3. The lowest BCUT2D eigenvalue weighted by molar-refractivity contribution is -0.133. The summed E-state index contributed by atoms with van der Waals surface area (Å²) in [5, 5.41) is 0. The molecule has 0 spiro atoms. The molecule has 0 aromatic rings. The van der Waals surface area contributed by atoms with E-state index in [4.69, 9.17) is 4.55 Å². The van der Waals surface area contributed by atoms with Crippen LogP contribution in [0.2, 0.25) is 0 Å². The third-order valence-corrected chi connectivity index (χ3v) is 9.33. The minimum atomic E-state index is -4.16. The number of allylic oxidation sites excluding steroid dienone is 4. The van der Waals surface area contributed by atoms with Crippen molar-refractivity contribution in [1.82, 2.24) is 4.90 Å². The van der Waals surface area contributed by atoms with Crippen LogP contribution >= 0.6 is 0 Å². The van der Waals surface area contributed by atoms with Crippen LogP contribution in [0.1, 0.15) is 194 Å². The molecule has 0 atom stereocenters. The van der Waals surface area contributed by atoms with Crippen LogP contribution in [-0.2, 0) is 24.2 Å². The van der Waals surface area contributed by atoms with E-state index in [1.54, 1.807) is 0 Å². The number of hydrogen-bond acceptors (Lipinski definition) is 6. The molecule has 0 aliphatic rings. The second-order valence-corrected chi connectivity index (χ2v) is 15.2. The molecule has 7 nitrogen and oxygen atoms in total. The zero-order valence-electron chi connectivity index (χ0n) is 32.7. The summed E-state index contributed by atoms with van der Waals surface area (Å²) in [4.78, 5) is 27.9. The average Bonchev–Trinajstić information content (AvgIpc) is 3.06. The van der Waals surface area contributed by atoms with E-state index in [9.17, 15) is 18.0 Å². The van der Waals surface area contributed by atoms with Crippen LogP contribution in [0.3, 0.4) is 0 Å². The molecule has 1 N–H and O–H groups in total. The topological polar surface area (TPSA) is 101 Å². The monoisotopic (exact) mass is 714 g/mol. The molecule has 8 heteroatoms. The van der Waals surface area contributed by atoms with Crippen molar-refractivity contribution in [3.05, 3.63) is 24.3 Å². The van der Waals surface area contributed by atoms with Crippen molar-refractivity contribution < 1.29 is 26.7 Å². The van der Waals surface area contributed by atoms with Gasteiger partial charge in [-0.25, -0.2) is 0 Å². The maximum Gasteiger partial charge on any atom is 0.397 e. The summed E-state index contributed by atoms with van der Waals surface area (Å²) >= 11 is 0. The fraction of sp³-hybridized carbons (Fsp3) is 0.854. The Labute approximate surface area is 304 Å². The SMILES string of the molecule is CCCCCCCC/C=C\CCCCCCCC(=O)C(CN(C)C)C(=O)CCCCCCC/C=C\CCCCCCCC.COS(=O)(=O)O. The molecular weight excluding hydrogens is 635 g/mol. The molecular formula is C41H79NO6S. The van der Waals surface area contributed by atoms with E-state index in [1.165, 1.54) is 141 Å². The van der Waals surface area contributed by atoms with Crippen LogP contribution in [0.15, 0.2) is 24.3 Å². The van der Waals surface area contributed by atoms with Crippen molar-refractivity contribution in [2.45, 2.75) is 194 Å². The molecule has 0 heterocycles. The van der Waals surface area contributed by atoms with Crippen LogP contribution in [0, 0.1) is 5.92 Å². The number of unbranched alkanes of at least 4 members (excludes halogenated alkanes) is 22. The maximum absolute atomic E-state index is 13.0. The molecule has 0 bridgehead atoms. The van der Waals surface area contributed by atoms with Crippen LogP contribution in [0.4, 0.5) is 0 Å². The van der Waals surface area contributed by atoms with Gasteiger partial charge >= 0.3 is 10.4 Å². The molecule has 0 amide bonds. The quantitative estimate of drug-likeness (QED) is 0.0302. The van der Waals surface area contributed by atoms with Gasteiger partial charge in [-0.1, -0.05) is 141 Å². The Morgan fingerprint density at radius 2 is 0.816 bits per heavy atom. The predicted octanol–water partition coefficient (Wildman–Crippen LogP) is 11.8. The first-order valence-electron chi connectivity index (χ1n) is 20.1. The molecule has 0 aromatic heterocycles. The number of hydrogen-bond donors (Lipinski definition) is 1. The van der Waals surface area contributed by atoms with E-state index < -0.39 is 16.3 Å². The summed E-state index contributed by atoms with van der Waals surface area (Å²) in [7, 11) is 0.648. The predicted molar refractivity (Wildman–Crippen MR) is 210 cm³/mol. The number of ketones is 2. The Morgan fingerprint density at radius 3 is 1.08 bits per heavy atom. The first-order chi connectivity index (χ1) is 23.6. The molecule has 0 saturated heterocycles. The summed E-state index contributed by atoms with van der Waals surface area (Å²) in [5.74, 6) is -0.0864. The Bertz CT molecular complexity index is 848. The highest BCUT2D eigenvalue weighted by Gasteiger charge is 2.25. The van der Waals surface area contributed by atoms with Crippen molar-refractivity contribution in [2.75, 3.05) is 27.7 Å². The molecule has 0 aromatic carbocycles. The van der Waals surface area contributed by atoms with Gasteiger partial charge in [0, 0.05) is 19.4 Å². The van der Waals surface area contributed by atoms with Gasteiger partial charge in [-0.2, -0.15) is 8.42 Å². The highest BCUT2D eigenvalue weighted by molar-refractivity contribution is 7.80. The van der Waals surface area contributed by atoms with Crippen molar-refractivity contribution in [2.24, 2.45) is 5.92 Å². The highest BCUT2D eigenvalue weighted by atomic mass is 32.3. The van der Waals surface area contributed by atoms with Gasteiger partial charge in [0.1, 0.15) is 11.6 Å². The fourth-order valence-corrected chi connectivity index (χ4v) is 5.84. The van der Waals surface area contributed by atoms with Crippen molar-refractivity contribution in [3.63, 3.8) is 0 Å². The largest absolute Gasteiger partial charge is 0.397 e. The summed E-state index contributed by atoms with van der Waals surface area (Å²) in [6, 6.07) is 0. The Kier molecular flexibility index (Phi) is 38.5. The minimum absolute atomic E-state index is 0.170. The van der Waals surface area contributed by atoms with Crippen molar-refractivity contribution >= 4 is 22.0 Å². The third kappa shape index (κ3) is 41.0. The second kappa shape index (κ2) is 37.9. The van der Waals surface area contributed by atoms with E-state index in [0.717, 1.165) is 32.8 Å². The minimum Gasteiger partial charge on any atom is -0.308 e. The molecule has 0 aliphatic carbocycles. The van der Waals surface area contributed by atoms with Crippen LogP contribution in [0.25, 0.3) is 0 Å². The van der Waals surface area contributed by atoms with Gasteiger partial charge in [-0.15, -0.1) is 0 Å². The van der Waals surface area contributed by atoms with Gasteiger partial charge < -0.3 is 4.90 Å². The zero-order chi connectivity index (χ0) is 36.9. The van der Waals surface area contributed by atoms with Gasteiger partial charge in [-0.05, 0) is 78.3 Å². The van der Waals surface area contributed by atoms with E-state index in [1.807, 2.05) is 19.0 Å². The first kappa shape index (κ1) is 49.8. The molecule has 0 fully saturated rings. The van der Waals surface area contributed by atoms with Crippen LogP contribution in [0.5, 0.6) is 0 Å². The van der Waals surface area contributed by atoms with Crippen molar-refractivity contribution in [3.8, 4) is 0 Å². The van der Waals surface area contributed by atoms with Crippen LogP contribution in [-0.4, -0.2) is 57.2 Å². The van der Waals surface area contributed by atoms with E-state index >= 15 is 0 Å². The van der Waals surface area contributed by atoms with Gasteiger partial charge in [0.2, 0.25) is 0 Å². The lowest BCUT2D eigenvalue weighted by Gasteiger charge is -2.19. The Balaban J connectivity index is 0. The molecule has 0 unspecified atom stereocenters. The normalized spacial score (nSPS) is 12.0. The summed E-state index contributed by atoms with van der Waals surface area (Å²) < 4.78 is 29.7. The fourth-order valence-electron chi connectivity index (χ4n) is 5.84. The van der Waals surface area contributed by atoms with Gasteiger partial charge in [0.15, 0.2) is 0 Å². The molecule has 0 saturated carbocycles. The lowest BCUT2D eigenvalue weighted by atomic mass is 9.91. The smallest absolute Gasteiger partial charge is 0.308 e. The van der Waals surface area contributed by atoms with E-state index in [-0.39, 0.29) is 11.6 Å². The molecule has 49 heavy (non-hydrogen) atoms. The Morgan fingerprint density at radius 1 is 0.551 bits per heavy atom. The van der Waals surface area contributed by atoms with Crippen molar-refractivity contribution in [1.29, 1.82) is 0 Å². The zero-order valence-corrected chi connectivity index (χ0v) is 33.6. The molecule has 0 aliphatic heterocycles. The number of carbonyl (C=O) groups excluding carboxylic acids is 2. The van der Waals surface area contributed by atoms with Gasteiger partial charge in [0.25, 0.3) is 0 Å². The maximum atomic E-state index is 13.0. The molecule has 0 radical (unpaired) electrons. The van der Waals surface area contributed by atoms with E-state index in [0.29, 0.717) is 19.4 Å². The van der Waals surface area contributed by atoms with Gasteiger partial charge in [-0.3, -0.25) is 18.3 Å². The molecule has 290 valence electrons. The van der Waals surface area contributed by atoms with E-state index in [2.05, 4.69) is 42.3 Å². The summed E-state index contributed by atoms with van der Waals surface area (Å²) in [6.45, 7) is 5.11. The third-order valence-electron chi connectivity index (χ3n) is 8.91. The first-order valence-corrected chi connectivity index (χ1v) is 21.5. The number of carbonyl (C=O) groups is 2. The average molecular weight is 714 g/mol. The second-order valence-electron chi connectivity index (χ2n) is 14.0. The number of rotatable bonds is 35. The standard InChI is InChI=1S/C40H75NO2.CH4O4S/c1-5-7-9-11-13-15-17-19-21-23-25-27-29-31-33-35-39(42)38(37-41(3)4)40(43)36-34-32-30-28-26-24-22-20-18-16-14-12-10-8-6-2;1-5-6(2,3)4/h19-22,38H,5-18,23-37H2,1-4H3;1H3,(H,2,3,4)/b21-19-,22-20-;. The number of nitrogens with zero attached hydrogens (tertiary/aromatic N) is 1. The lowest BCUT2D eigenvalue weighted by Crippen LogP contribution is -2.34. The number of Topliss-reactive ketones (excluding diaryl/α,β-unsaturated/α-hetero) is 2. The van der Waals surface area contributed by atoms with Crippen LogP contribution < -0.4 is 0 Å². The van der Waals surface area contributed by atoms with Gasteiger partial charge in [0.05, 0.1) is 13.0 Å². The highest BCUT2D eigenvalue weighted by Crippen LogP contribution is 2.16. The molecule has 0 rings (SSSR count).